The van der Waals surface area contributed by atoms with E-state index in [9.17, 15) is 13.2 Å². The summed E-state index contributed by atoms with van der Waals surface area (Å²) in [6.07, 6.45) is 0.524. The number of sulfone groups is 1. The number of carbonyl (C=O) groups excluding carboxylic acids is 1. The van der Waals surface area contributed by atoms with Gasteiger partial charge in [0.2, 0.25) is 0 Å². The average molecular weight is 310 g/mol. The molecule has 0 aliphatic carbocycles. The smallest absolute Gasteiger partial charge is 0.323 e. The third-order valence-electron chi connectivity index (χ3n) is 3.92. The van der Waals surface area contributed by atoms with Crippen LogP contribution < -0.4 is 4.90 Å². The Morgan fingerprint density at radius 3 is 2.62 bits per heavy atom. The maximum Gasteiger partial charge on any atom is 0.324 e. The van der Waals surface area contributed by atoms with Crippen LogP contribution in [0.15, 0.2) is 24.3 Å². The summed E-state index contributed by atoms with van der Waals surface area (Å²) in [7, 11) is -1.30. The van der Waals surface area contributed by atoms with Gasteiger partial charge in [0.25, 0.3) is 0 Å². The molecule has 0 spiro atoms. The molecule has 6 heteroatoms. The van der Waals surface area contributed by atoms with Gasteiger partial charge in [0.05, 0.1) is 11.5 Å². The minimum Gasteiger partial charge on any atom is -0.323 e. The molecule has 21 heavy (non-hydrogen) atoms. The van der Waals surface area contributed by atoms with Crippen molar-refractivity contribution < 1.29 is 13.2 Å². The van der Waals surface area contributed by atoms with Gasteiger partial charge in [-0.2, -0.15) is 0 Å². The fourth-order valence-electron chi connectivity index (χ4n) is 2.65. The molecular weight excluding hydrogens is 288 g/mol. The molecule has 0 bridgehead atoms. The van der Waals surface area contributed by atoms with E-state index in [4.69, 9.17) is 0 Å². The van der Waals surface area contributed by atoms with Crippen LogP contribution in [0.5, 0.6) is 0 Å². The molecule has 0 N–H and O–H groups in total. The molecule has 5 nitrogen and oxygen atoms in total. The highest BCUT2D eigenvalue weighted by Gasteiger charge is 2.34. The predicted molar refractivity (Wildman–Crippen MR) is 84.4 cm³/mol. The van der Waals surface area contributed by atoms with Gasteiger partial charge in [0.15, 0.2) is 9.84 Å². The molecule has 0 saturated carbocycles. The maximum absolute atomic E-state index is 12.6. The Morgan fingerprint density at radius 2 is 2.10 bits per heavy atom. The lowest BCUT2D eigenvalue weighted by Gasteiger charge is -2.30. The van der Waals surface area contributed by atoms with Crippen LogP contribution in [0.3, 0.4) is 0 Å². The molecule has 0 radical (unpaired) electrons. The number of hydrogen-bond donors (Lipinski definition) is 0. The Bertz CT molecular complexity index is 628. The van der Waals surface area contributed by atoms with Gasteiger partial charge in [-0.15, -0.1) is 0 Å². The van der Waals surface area contributed by atoms with Crippen molar-refractivity contribution in [1.82, 2.24) is 4.90 Å². The van der Waals surface area contributed by atoms with Crippen LogP contribution in [-0.2, 0) is 9.84 Å². The molecular formula is C15H22N2O3S. The highest BCUT2D eigenvalue weighted by molar-refractivity contribution is 7.91. The van der Waals surface area contributed by atoms with Gasteiger partial charge in [-0.3, -0.25) is 4.90 Å². The van der Waals surface area contributed by atoms with Gasteiger partial charge in [-0.25, -0.2) is 13.2 Å². The number of carbonyl (C=O) groups is 1. The summed E-state index contributed by atoms with van der Waals surface area (Å²) in [5.41, 5.74) is 1.93. The molecule has 1 saturated heterocycles. The quantitative estimate of drug-likeness (QED) is 0.858. The molecule has 1 unspecified atom stereocenters. The first-order valence-corrected chi connectivity index (χ1v) is 8.97. The first kappa shape index (κ1) is 15.8. The summed E-state index contributed by atoms with van der Waals surface area (Å²) < 4.78 is 23.1. The van der Waals surface area contributed by atoms with Crippen molar-refractivity contribution >= 4 is 21.6 Å². The topological polar surface area (TPSA) is 57.7 Å². The van der Waals surface area contributed by atoms with Crippen LogP contribution in [-0.4, -0.2) is 50.5 Å². The predicted octanol–water partition coefficient (Wildman–Crippen LogP) is 2.06. The van der Waals surface area contributed by atoms with Crippen molar-refractivity contribution in [3.63, 3.8) is 0 Å². The number of anilines is 1. The van der Waals surface area contributed by atoms with Gasteiger partial charge in [0.1, 0.15) is 0 Å². The zero-order chi connectivity index (χ0) is 15.6. The standard InChI is InChI=1S/C15H22N2O3S/c1-4-17(13-7-5-6-12(2)10-13)15(18)16(3)14-8-9-21(19,20)11-14/h5-7,10,14H,4,8-9,11H2,1-3H3. The molecule has 1 aliphatic heterocycles. The third-order valence-corrected chi connectivity index (χ3v) is 5.67. The van der Waals surface area contributed by atoms with E-state index in [1.807, 2.05) is 38.1 Å². The Labute approximate surface area is 126 Å². The number of nitrogens with zero attached hydrogens (tertiary/aromatic N) is 2. The van der Waals surface area contributed by atoms with Crippen molar-refractivity contribution in [2.45, 2.75) is 26.3 Å². The summed E-state index contributed by atoms with van der Waals surface area (Å²) in [6, 6.07) is 7.39. The lowest BCUT2D eigenvalue weighted by atomic mass is 10.2. The summed E-state index contributed by atoms with van der Waals surface area (Å²) in [5.74, 6) is 0.243. The fraction of sp³-hybridized carbons (Fsp3) is 0.533. The molecule has 2 rings (SSSR count). The minimum absolute atomic E-state index is 0.0701. The van der Waals surface area contributed by atoms with E-state index >= 15 is 0 Å². The van der Waals surface area contributed by atoms with Crippen LogP contribution in [0.2, 0.25) is 0 Å². The Kier molecular flexibility index (Phi) is 4.56. The van der Waals surface area contributed by atoms with E-state index in [2.05, 4.69) is 0 Å². The Hall–Kier alpha value is -1.56. The van der Waals surface area contributed by atoms with E-state index < -0.39 is 9.84 Å². The second-order valence-corrected chi connectivity index (χ2v) is 7.76. The number of rotatable bonds is 3. The highest BCUT2D eigenvalue weighted by Crippen LogP contribution is 2.21. The molecule has 1 aromatic carbocycles. The van der Waals surface area contributed by atoms with E-state index in [0.29, 0.717) is 13.0 Å². The second kappa shape index (κ2) is 6.05. The molecule has 0 aromatic heterocycles. The van der Waals surface area contributed by atoms with Gasteiger partial charge < -0.3 is 4.90 Å². The van der Waals surface area contributed by atoms with Gasteiger partial charge in [-0.05, 0) is 38.0 Å². The van der Waals surface area contributed by atoms with E-state index in [-0.39, 0.29) is 23.6 Å². The molecule has 1 atom stereocenters. The second-order valence-electron chi connectivity index (χ2n) is 5.53. The lowest BCUT2D eigenvalue weighted by molar-refractivity contribution is 0.202. The highest BCUT2D eigenvalue weighted by atomic mass is 32.2. The maximum atomic E-state index is 12.6. The average Bonchev–Trinajstić information content (AvgIpc) is 2.79. The number of hydrogen-bond acceptors (Lipinski definition) is 3. The molecule has 116 valence electrons. The molecule has 1 aromatic rings. The van der Waals surface area contributed by atoms with Crippen molar-refractivity contribution in [2.24, 2.45) is 0 Å². The number of benzene rings is 1. The molecule has 1 heterocycles. The number of urea groups is 1. The Morgan fingerprint density at radius 1 is 1.38 bits per heavy atom. The summed E-state index contributed by atoms with van der Waals surface area (Å²) in [4.78, 5) is 15.9. The first-order chi connectivity index (χ1) is 9.84. The zero-order valence-corrected chi connectivity index (χ0v) is 13.6. The van der Waals surface area contributed by atoms with Crippen LogP contribution in [0.1, 0.15) is 18.9 Å². The van der Waals surface area contributed by atoms with E-state index in [0.717, 1.165) is 11.3 Å². The van der Waals surface area contributed by atoms with Crippen molar-refractivity contribution in [3.05, 3.63) is 29.8 Å². The number of aryl methyl sites for hydroxylation is 1. The molecule has 1 fully saturated rings. The van der Waals surface area contributed by atoms with E-state index in [1.54, 1.807) is 16.8 Å². The molecule has 2 amide bonds. The minimum atomic E-state index is -2.99. The fourth-order valence-corrected chi connectivity index (χ4v) is 4.43. The van der Waals surface area contributed by atoms with Crippen molar-refractivity contribution in [3.8, 4) is 0 Å². The first-order valence-electron chi connectivity index (χ1n) is 7.15. The van der Waals surface area contributed by atoms with Gasteiger partial charge in [-0.1, -0.05) is 12.1 Å². The molecule has 1 aliphatic rings. The van der Waals surface area contributed by atoms with Crippen molar-refractivity contribution in [1.29, 1.82) is 0 Å². The summed E-state index contributed by atoms with van der Waals surface area (Å²) in [5, 5.41) is 0. The van der Waals surface area contributed by atoms with Crippen LogP contribution >= 0.6 is 0 Å². The zero-order valence-electron chi connectivity index (χ0n) is 12.7. The number of amides is 2. The van der Waals surface area contributed by atoms with Gasteiger partial charge in [0, 0.05) is 25.3 Å². The Balaban J connectivity index is 2.17. The monoisotopic (exact) mass is 310 g/mol. The third kappa shape index (κ3) is 3.56. The van der Waals surface area contributed by atoms with Gasteiger partial charge >= 0.3 is 6.03 Å². The van der Waals surface area contributed by atoms with E-state index in [1.165, 1.54) is 0 Å². The normalized spacial score (nSPS) is 20.2. The van der Waals surface area contributed by atoms with Crippen LogP contribution in [0.25, 0.3) is 0 Å². The lowest BCUT2D eigenvalue weighted by Crippen LogP contribution is -2.46. The SMILES string of the molecule is CCN(C(=O)N(C)C1CCS(=O)(=O)C1)c1cccc(C)c1. The summed E-state index contributed by atoms with van der Waals surface area (Å²) >= 11 is 0. The largest absolute Gasteiger partial charge is 0.324 e. The van der Waals surface area contributed by atoms with Crippen LogP contribution in [0.4, 0.5) is 10.5 Å². The van der Waals surface area contributed by atoms with Crippen LogP contribution in [0, 0.1) is 6.92 Å². The van der Waals surface area contributed by atoms with Crippen molar-refractivity contribution in [2.75, 3.05) is 30.0 Å². The summed E-state index contributed by atoms with van der Waals surface area (Å²) in [6.45, 7) is 4.45.